The summed E-state index contributed by atoms with van der Waals surface area (Å²) in [6.45, 7) is 12.9. The van der Waals surface area contributed by atoms with Crippen LogP contribution in [0.15, 0.2) is 131 Å². The zero-order valence-corrected chi connectivity index (χ0v) is 42.4. The van der Waals surface area contributed by atoms with Crippen LogP contribution >= 0.6 is 31.9 Å². The zero-order chi connectivity index (χ0) is 40.8. The molecule has 0 aliphatic heterocycles. The molecule has 2 aromatic heterocycles. The van der Waals surface area contributed by atoms with Crippen molar-refractivity contribution in [1.29, 1.82) is 0 Å². The molecule has 6 aromatic rings. The molecule has 0 bridgehead atoms. The van der Waals surface area contributed by atoms with Gasteiger partial charge in [-0.1, -0.05) is 53.7 Å². The van der Waals surface area contributed by atoms with Crippen molar-refractivity contribution in [1.82, 2.24) is 9.97 Å². The standard InChI is InChI=1S/C21H19BrFNO.C15H17NO.C6H3BrF2.CH2O3.2K.H/c1-21(2,3)15-11-12-24-18(13-15)14-7-9-16(10-8-14)25-19-6-4-5-17(23)20(19)22;1-15(2,3)12-8-9-16-14(10-12)11-4-6-13(17)7-5-11;7-6-4(8)2-1-3-5(6)9;2-1-4-3;;;/h4-13H,1-3H3;4-10,17H,1-3H3;1-3H;1,3H;;;/q;;;;2*+1;-1/p-1. The van der Waals surface area contributed by atoms with Crippen LogP contribution < -0.4 is 113 Å². The molecule has 2 heterocycles. The number of hydrogen-bond donors (Lipinski definition) is 1. The Morgan fingerprint density at radius 1 is 0.649 bits per heavy atom. The number of ether oxygens (including phenoxy) is 1. The summed E-state index contributed by atoms with van der Waals surface area (Å²) in [6.07, 6.45) is 3.67. The summed E-state index contributed by atoms with van der Waals surface area (Å²) < 4.78 is 44.1. The molecule has 7 nitrogen and oxygen atoms in total. The average Bonchev–Trinajstić information content (AvgIpc) is 3.16. The van der Waals surface area contributed by atoms with Crippen molar-refractivity contribution in [3.05, 3.63) is 159 Å². The van der Waals surface area contributed by atoms with Gasteiger partial charge >= 0.3 is 103 Å². The summed E-state index contributed by atoms with van der Waals surface area (Å²) in [5.41, 5.74) is 6.59. The third-order valence-corrected chi connectivity index (χ3v) is 9.18. The predicted molar refractivity (Wildman–Crippen MR) is 215 cm³/mol. The van der Waals surface area contributed by atoms with Gasteiger partial charge in [-0.05, 0) is 151 Å². The van der Waals surface area contributed by atoms with Gasteiger partial charge in [0.1, 0.15) is 34.7 Å². The maximum atomic E-state index is 13.6. The zero-order valence-electron chi connectivity index (χ0n) is 34.0. The van der Waals surface area contributed by atoms with Gasteiger partial charge in [0, 0.05) is 23.5 Å². The van der Waals surface area contributed by atoms with E-state index in [0.29, 0.717) is 16.0 Å². The van der Waals surface area contributed by atoms with Gasteiger partial charge in [0.15, 0.2) is 0 Å². The topological polar surface area (TPSA) is 105 Å². The normalized spacial score (nSPS) is 10.3. The number of aromatic nitrogens is 2. The molecule has 14 heteroatoms. The van der Waals surface area contributed by atoms with Crippen molar-refractivity contribution in [2.75, 3.05) is 0 Å². The SMILES string of the molecule is CC(C)(C)c1ccnc(-c2ccc(O)cc2)c1.CC(C)(C)c1ccnc(-c2ccc(Oc3cccc(F)c3Br)cc2)c1.Fc1cccc(F)c1Br.O=CO[O-].[H-].[K+].[K+]. The number of phenols is 1. The van der Waals surface area contributed by atoms with Crippen molar-refractivity contribution in [3.8, 4) is 39.8 Å². The molecule has 0 unspecified atom stereocenters. The maximum Gasteiger partial charge on any atom is 1.00 e. The fourth-order valence-corrected chi connectivity index (χ4v) is 5.21. The molecule has 0 radical (unpaired) electrons. The molecule has 0 aliphatic carbocycles. The fraction of sp³-hybridized carbons (Fsp3) is 0.186. The van der Waals surface area contributed by atoms with Crippen LogP contribution in [0.3, 0.4) is 0 Å². The van der Waals surface area contributed by atoms with Gasteiger partial charge in [-0.3, -0.25) is 14.8 Å². The molecule has 0 saturated heterocycles. The summed E-state index contributed by atoms with van der Waals surface area (Å²) in [7, 11) is 0. The molecular formula is C43H41Br2F3K2N2O5. The molecule has 0 amide bonds. The first-order valence-electron chi connectivity index (χ1n) is 16.7. The molecule has 290 valence electrons. The van der Waals surface area contributed by atoms with Gasteiger partial charge in [-0.15, -0.1) is 0 Å². The number of aromatic hydroxyl groups is 1. The number of pyridine rings is 2. The summed E-state index contributed by atoms with van der Waals surface area (Å²) in [4.78, 5) is 20.1. The third-order valence-electron chi connectivity index (χ3n) is 7.65. The molecule has 6 rings (SSSR count). The largest absolute Gasteiger partial charge is 1.00 e. The predicted octanol–water partition coefficient (Wildman–Crippen LogP) is 5.77. The Balaban J connectivity index is 0.000000853. The molecule has 1 N–H and O–H groups in total. The van der Waals surface area contributed by atoms with E-state index in [9.17, 15) is 18.3 Å². The summed E-state index contributed by atoms with van der Waals surface area (Å²) in [6, 6.07) is 31.5. The monoisotopic (exact) mass is 958 g/mol. The second-order valence-electron chi connectivity index (χ2n) is 13.8. The number of halogens is 5. The van der Waals surface area contributed by atoms with Gasteiger partial charge in [-0.2, -0.15) is 0 Å². The van der Waals surface area contributed by atoms with Crippen molar-refractivity contribution in [3.63, 3.8) is 0 Å². The minimum absolute atomic E-state index is 0. The van der Waals surface area contributed by atoms with Gasteiger partial charge in [0.2, 0.25) is 0 Å². The quantitative estimate of drug-likeness (QED) is 0.0770. The van der Waals surface area contributed by atoms with Crippen LogP contribution in [0.25, 0.3) is 22.5 Å². The first kappa shape index (κ1) is 53.3. The van der Waals surface area contributed by atoms with Crippen molar-refractivity contribution >= 4 is 38.3 Å². The van der Waals surface area contributed by atoms with Gasteiger partial charge in [0.25, 0.3) is 6.47 Å². The average molecular weight is 961 g/mol. The fourth-order valence-electron chi connectivity index (χ4n) is 4.60. The second kappa shape index (κ2) is 25.8. The number of hydrogen-bond acceptors (Lipinski definition) is 7. The van der Waals surface area contributed by atoms with Crippen LogP contribution in [-0.4, -0.2) is 21.5 Å². The number of nitrogens with zero attached hydrogens (tertiary/aromatic N) is 2. The number of carbonyl (C=O) groups excluding carboxylic acids is 1. The minimum Gasteiger partial charge on any atom is -1.00 e. The van der Waals surface area contributed by atoms with Crippen molar-refractivity contribution < 1.29 is 142 Å². The molecule has 57 heavy (non-hydrogen) atoms. The smallest absolute Gasteiger partial charge is 1.00 e. The van der Waals surface area contributed by atoms with E-state index < -0.39 is 11.6 Å². The van der Waals surface area contributed by atoms with E-state index in [2.05, 4.69) is 100 Å². The Labute approximate surface area is 435 Å². The van der Waals surface area contributed by atoms with E-state index in [0.717, 1.165) is 22.5 Å². The van der Waals surface area contributed by atoms with Gasteiger partial charge < -0.3 is 21.4 Å². The van der Waals surface area contributed by atoms with E-state index in [4.69, 9.17) is 14.8 Å². The summed E-state index contributed by atoms with van der Waals surface area (Å²) in [5, 5.41) is 17.7. The first-order chi connectivity index (χ1) is 25.9. The molecule has 0 saturated carbocycles. The number of benzene rings is 4. The Morgan fingerprint density at radius 3 is 1.42 bits per heavy atom. The van der Waals surface area contributed by atoms with Crippen LogP contribution in [-0.2, 0) is 20.5 Å². The molecular weight excluding hydrogens is 919 g/mol. The number of carbonyl (C=O) groups is 1. The molecule has 0 fully saturated rings. The van der Waals surface area contributed by atoms with Crippen LogP contribution in [0.2, 0.25) is 0 Å². The number of rotatable bonds is 5. The Bertz CT molecular complexity index is 2140. The third kappa shape index (κ3) is 17.8. The van der Waals surface area contributed by atoms with Gasteiger partial charge in [-0.25, -0.2) is 13.2 Å². The van der Waals surface area contributed by atoms with Gasteiger partial charge in [0.05, 0.1) is 20.3 Å². The summed E-state index contributed by atoms with van der Waals surface area (Å²) >= 11 is 5.93. The van der Waals surface area contributed by atoms with Crippen LogP contribution in [0.5, 0.6) is 17.2 Å². The van der Waals surface area contributed by atoms with E-state index in [1.807, 2.05) is 60.9 Å². The maximum absolute atomic E-state index is 13.6. The van der Waals surface area contributed by atoms with Crippen molar-refractivity contribution in [2.24, 2.45) is 0 Å². The van der Waals surface area contributed by atoms with E-state index >= 15 is 0 Å². The molecule has 0 spiro atoms. The second-order valence-corrected chi connectivity index (χ2v) is 15.4. The van der Waals surface area contributed by atoms with Crippen molar-refractivity contribution in [2.45, 2.75) is 52.4 Å². The van der Waals surface area contributed by atoms with Crippen LogP contribution in [0, 0.1) is 17.5 Å². The van der Waals surface area contributed by atoms with Crippen LogP contribution in [0.1, 0.15) is 54.1 Å². The van der Waals surface area contributed by atoms with E-state index in [1.54, 1.807) is 24.3 Å². The van der Waals surface area contributed by atoms with E-state index in [-0.39, 0.29) is 138 Å². The molecule has 0 aliphatic rings. The Kier molecular flexibility index (Phi) is 24.1. The Morgan fingerprint density at radius 2 is 1.04 bits per heavy atom. The minimum atomic E-state index is -0.574. The first-order valence-corrected chi connectivity index (χ1v) is 18.3. The van der Waals surface area contributed by atoms with E-state index in [1.165, 1.54) is 35.4 Å². The molecule has 0 atom stereocenters. The molecule has 4 aromatic carbocycles. The summed E-state index contributed by atoms with van der Waals surface area (Å²) in [5.74, 6) is -0.134. The Hall–Kier alpha value is -1.77. The number of phenolic OH excluding ortho intramolecular Hbond substituents is 1. The van der Waals surface area contributed by atoms with Crippen LogP contribution in [0.4, 0.5) is 13.2 Å².